The van der Waals surface area contributed by atoms with E-state index in [1.807, 2.05) is 0 Å². The molecule has 0 bridgehead atoms. The molecule has 3 radical (unpaired) electrons. The van der Waals surface area contributed by atoms with Gasteiger partial charge in [-0.2, -0.15) is 7.82 Å². The number of phosphoric acid groups is 1. The van der Waals surface area contributed by atoms with Gasteiger partial charge in [0.25, 0.3) is 0 Å². The molecule has 0 amide bonds. The fourth-order valence-corrected chi connectivity index (χ4v) is 0. The Kier molecular flexibility index (Phi) is 44.0. The Hall–Kier alpha value is 2.67. The van der Waals surface area contributed by atoms with Gasteiger partial charge in [0.1, 0.15) is 0 Å². The molecule has 0 aromatic carbocycles. The molecule has 0 heterocycles. The van der Waals surface area contributed by atoms with Crippen molar-refractivity contribution >= 4 is 35.1 Å². The first-order valence-electron chi connectivity index (χ1n) is 0.730. The van der Waals surface area contributed by atoms with Crippen LogP contribution in [0.2, 0.25) is 0 Å². The molecule has 0 spiro atoms. The van der Waals surface area contributed by atoms with Crippen molar-refractivity contribution in [1.29, 1.82) is 0 Å². The van der Waals surface area contributed by atoms with Gasteiger partial charge in [0.2, 0.25) is 0 Å². The minimum atomic E-state index is -5.39. The van der Waals surface area contributed by atoms with Gasteiger partial charge in [-0.05, 0) is 0 Å². The van der Waals surface area contributed by atoms with E-state index in [-0.39, 0.29) is 80.3 Å². The third-order valence-electron chi connectivity index (χ3n) is 0. The maximum Gasteiger partial charge on any atom is 2.00 e. The van der Waals surface area contributed by atoms with Crippen molar-refractivity contribution in [2.45, 2.75) is 0 Å². The van der Waals surface area contributed by atoms with E-state index in [4.69, 9.17) is 19.2 Å². The van der Waals surface area contributed by atoms with Crippen molar-refractivity contribution in [3.05, 3.63) is 0 Å². The van der Waals surface area contributed by atoms with Gasteiger partial charge >= 0.3 is 80.3 Å². The SMILES string of the molecule is O=P([O-])([O-])[O-].[Fe+2].[Li+].[Mn+2].[Pb+2]. The summed E-state index contributed by atoms with van der Waals surface area (Å²) in [5.74, 6) is 0. The summed E-state index contributed by atoms with van der Waals surface area (Å²) in [5, 5.41) is 0. The van der Waals surface area contributed by atoms with E-state index in [1.54, 1.807) is 0 Å². The van der Waals surface area contributed by atoms with Crippen molar-refractivity contribution in [2.75, 3.05) is 0 Å². The molecule has 0 unspecified atom stereocenters. The van der Waals surface area contributed by atoms with Gasteiger partial charge in [-0.25, -0.2) is 0 Å². The van der Waals surface area contributed by atoms with E-state index < -0.39 is 7.82 Å². The molecule has 0 saturated heterocycles. The normalized spacial score (nSPS) is 6.56. The summed E-state index contributed by atoms with van der Waals surface area (Å²) in [7, 11) is -5.39. The summed E-state index contributed by atoms with van der Waals surface area (Å²) >= 11 is 0. The van der Waals surface area contributed by atoms with Crippen LogP contribution in [0.5, 0.6) is 0 Å². The number of hydrogen-bond donors (Lipinski definition) is 0. The summed E-state index contributed by atoms with van der Waals surface area (Å²) in [6.07, 6.45) is 0. The summed E-state index contributed by atoms with van der Waals surface area (Å²) in [5.41, 5.74) is 0. The van der Waals surface area contributed by atoms with Crippen LogP contribution in [0.4, 0.5) is 0 Å². The van der Waals surface area contributed by atoms with Gasteiger partial charge in [0.05, 0.1) is 0 Å². The summed E-state index contributed by atoms with van der Waals surface area (Å²) in [6, 6.07) is 0. The number of rotatable bonds is 0. The first-order chi connectivity index (χ1) is 2.00. The Morgan fingerprint density at radius 2 is 1.11 bits per heavy atom. The molecule has 0 N–H and O–H groups in total. The Balaban J connectivity index is -0.0000000133. The molecule has 0 aromatic rings. The topological polar surface area (TPSA) is 86.2 Å². The predicted molar refractivity (Wildman–Crippen MR) is 13.4 cm³/mol. The van der Waals surface area contributed by atoms with Gasteiger partial charge in [0.15, 0.2) is 0 Å². The molecule has 9 heteroatoms. The summed E-state index contributed by atoms with van der Waals surface area (Å²) < 4.78 is 8.55. The molecule has 9 heavy (non-hydrogen) atoms. The van der Waals surface area contributed by atoms with Crippen LogP contribution < -0.4 is 33.5 Å². The zero-order valence-corrected chi connectivity index (χ0v) is 11.4. The van der Waals surface area contributed by atoms with E-state index in [0.29, 0.717) is 0 Å². The Morgan fingerprint density at radius 1 is 1.11 bits per heavy atom. The van der Waals surface area contributed by atoms with Gasteiger partial charge in [-0.3, -0.25) is 0 Å². The molecule has 0 fully saturated rings. The van der Waals surface area contributed by atoms with E-state index in [9.17, 15) is 0 Å². The first kappa shape index (κ1) is 29.9. The van der Waals surface area contributed by atoms with E-state index in [2.05, 4.69) is 0 Å². The van der Waals surface area contributed by atoms with Gasteiger partial charge in [-0.15, -0.1) is 0 Å². The van der Waals surface area contributed by atoms with Crippen molar-refractivity contribution in [3.8, 4) is 0 Å². The maximum absolute atomic E-state index is 8.55. The largest absolute Gasteiger partial charge is 2.00 e. The van der Waals surface area contributed by atoms with Gasteiger partial charge in [-0.1, -0.05) is 0 Å². The van der Waals surface area contributed by atoms with Crippen molar-refractivity contribution in [2.24, 2.45) is 0 Å². The molecule has 0 aliphatic rings. The fourth-order valence-electron chi connectivity index (χ4n) is 0. The minimum Gasteiger partial charge on any atom is -0.822 e. The minimum absolute atomic E-state index is 0. The molecule has 0 saturated carbocycles. The first-order valence-corrected chi connectivity index (χ1v) is 2.19. The van der Waals surface area contributed by atoms with Gasteiger partial charge in [0, 0.05) is 0 Å². The molecule has 4 nitrogen and oxygen atoms in total. The molecular formula is FeLiMnO4PPb+4. The molecule has 45 valence electrons. The standard InChI is InChI=1S/Fe.Li.Mn.H3O4P.Pb/c;;;1-5(2,3)4;/h;;;(H3,1,2,3,4);/q+2;+1;+2;;+2/p-3. The predicted octanol–water partition coefficient (Wildman–Crippen LogP) is -6.21. The molecule has 0 aliphatic heterocycles. The van der Waals surface area contributed by atoms with Crippen LogP contribution in [0.25, 0.3) is 0 Å². The monoisotopic (exact) mass is 421 g/mol. The van der Waals surface area contributed by atoms with E-state index in [1.165, 1.54) is 0 Å². The zero-order chi connectivity index (χ0) is 4.50. The second-order valence-electron chi connectivity index (χ2n) is 0.447. The van der Waals surface area contributed by atoms with E-state index in [0.717, 1.165) is 0 Å². The molecule has 0 aromatic heterocycles. The fraction of sp³-hybridized carbons (Fsp3) is 0. The quantitative estimate of drug-likeness (QED) is 0.289. The second-order valence-corrected chi connectivity index (χ2v) is 1.34. The van der Waals surface area contributed by atoms with Crippen LogP contribution in [0.15, 0.2) is 0 Å². The summed E-state index contributed by atoms with van der Waals surface area (Å²) in [4.78, 5) is 25.6. The van der Waals surface area contributed by atoms with Crippen LogP contribution in [-0.2, 0) is 38.7 Å². The zero-order valence-electron chi connectivity index (χ0n) is 4.31. The Labute approximate surface area is 106 Å². The van der Waals surface area contributed by atoms with Crippen LogP contribution in [0.3, 0.4) is 0 Å². The van der Waals surface area contributed by atoms with Crippen LogP contribution >= 0.6 is 7.82 Å². The van der Waals surface area contributed by atoms with Crippen LogP contribution in [0.1, 0.15) is 0 Å². The molecule has 0 atom stereocenters. The van der Waals surface area contributed by atoms with Gasteiger partial charge < -0.3 is 19.2 Å². The second kappa shape index (κ2) is 13.3. The average Bonchev–Trinajstić information content (AvgIpc) is 0.722. The smallest absolute Gasteiger partial charge is 0.822 e. The third kappa shape index (κ3) is 113. The van der Waals surface area contributed by atoms with Crippen LogP contribution in [0, 0.1) is 0 Å². The summed E-state index contributed by atoms with van der Waals surface area (Å²) in [6.45, 7) is 0. The van der Waals surface area contributed by atoms with Crippen molar-refractivity contribution in [1.82, 2.24) is 0 Å². The number of hydrogen-bond acceptors (Lipinski definition) is 4. The maximum atomic E-state index is 8.55. The third-order valence-corrected chi connectivity index (χ3v) is 0. The van der Waals surface area contributed by atoms with Crippen molar-refractivity contribution in [3.63, 3.8) is 0 Å². The van der Waals surface area contributed by atoms with E-state index >= 15 is 0 Å². The molecule has 0 aliphatic carbocycles. The molecule has 0 rings (SSSR count). The Morgan fingerprint density at radius 3 is 1.11 bits per heavy atom. The average molecular weight is 420 g/mol. The van der Waals surface area contributed by atoms with Crippen molar-refractivity contribution < 1.29 is 72.2 Å². The van der Waals surface area contributed by atoms with Crippen LogP contribution in [-0.4, -0.2) is 27.3 Å². The Bertz CT molecular complexity index is 66.7. The molecular weight excluding hydrogens is 420 g/mol.